The van der Waals surface area contributed by atoms with Crippen molar-refractivity contribution in [3.8, 4) is 0 Å². The third-order valence-corrected chi connectivity index (χ3v) is 4.20. The molecule has 0 amide bonds. The van der Waals surface area contributed by atoms with Crippen LogP contribution in [0, 0.1) is 5.82 Å². The van der Waals surface area contributed by atoms with Gasteiger partial charge < -0.3 is 0 Å². The molecule has 0 unspecified atom stereocenters. The van der Waals surface area contributed by atoms with Crippen LogP contribution in [0.2, 0.25) is 5.02 Å². The molecule has 0 fully saturated rings. The highest BCUT2D eigenvalue weighted by molar-refractivity contribution is 9.10. The Morgan fingerprint density at radius 3 is 2.76 bits per heavy atom. The predicted octanol–water partition coefficient (Wildman–Crippen LogP) is 4.73. The molecule has 0 N–H and O–H groups in total. The van der Waals surface area contributed by atoms with Gasteiger partial charge in [-0.25, -0.2) is 4.39 Å². The second kappa shape index (κ2) is 5.29. The molecule has 0 bridgehead atoms. The van der Waals surface area contributed by atoms with Crippen molar-refractivity contribution >= 4 is 44.7 Å². The van der Waals surface area contributed by atoms with Crippen molar-refractivity contribution < 1.29 is 9.18 Å². The molecule has 1 nitrogen and oxygen atoms in total. The molecular weight excluding hydrogens is 327 g/mol. The van der Waals surface area contributed by atoms with E-state index in [9.17, 15) is 9.18 Å². The maximum atomic E-state index is 13.2. The Morgan fingerprint density at radius 2 is 2.18 bits per heavy atom. The second-order valence-electron chi connectivity index (χ2n) is 3.46. The van der Waals surface area contributed by atoms with E-state index in [0.29, 0.717) is 5.56 Å². The van der Waals surface area contributed by atoms with E-state index in [1.807, 2.05) is 11.4 Å². The smallest absolute Gasteiger partial charge is 0.168 e. The molecule has 0 saturated heterocycles. The topological polar surface area (TPSA) is 17.1 Å². The van der Waals surface area contributed by atoms with Crippen molar-refractivity contribution in [2.45, 2.75) is 6.42 Å². The first kappa shape index (κ1) is 12.7. The van der Waals surface area contributed by atoms with Gasteiger partial charge in [-0.15, -0.1) is 11.3 Å². The van der Waals surface area contributed by atoms with E-state index in [1.54, 1.807) is 0 Å². The SMILES string of the molecule is O=C(Cc1cc(Br)cs1)c1ccc(Cl)c(F)c1. The van der Waals surface area contributed by atoms with Crippen molar-refractivity contribution in [1.82, 2.24) is 0 Å². The Balaban J connectivity index is 2.17. The summed E-state index contributed by atoms with van der Waals surface area (Å²) < 4.78 is 14.1. The molecule has 1 heterocycles. The van der Waals surface area contributed by atoms with Crippen LogP contribution in [0.1, 0.15) is 15.2 Å². The maximum absolute atomic E-state index is 13.2. The molecule has 0 aliphatic rings. The van der Waals surface area contributed by atoms with Gasteiger partial charge >= 0.3 is 0 Å². The first-order valence-corrected chi connectivity index (χ1v) is 6.82. The van der Waals surface area contributed by atoms with Gasteiger partial charge in [-0.05, 0) is 40.2 Å². The van der Waals surface area contributed by atoms with Crippen LogP contribution in [-0.2, 0) is 6.42 Å². The van der Waals surface area contributed by atoms with E-state index in [0.717, 1.165) is 9.35 Å². The summed E-state index contributed by atoms with van der Waals surface area (Å²) in [6.45, 7) is 0. The number of carbonyl (C=O) groups excluding carboxylic acids is 1. The van der Waals surface area contributed by atoms with Crippen LogP contribution in [0.4, 0.5) is 4.39 Å². The highest BCUT2D eigenvalue weighted by Gasteiger charge is 2.11. The minimum Gasteiger partial charge on any atom is -0.294 e. The fourth-order valence-electron chi connectivity index (χ4n) is 1.38. The van der Waals surface area contributed by atoms with Crippen LogP contribution in [-0.4, -0.2) is 5.78 Å². The Bertz CT molecular complexity index is 567. The van der Waals surface area contributed by atoms with Crippen LogP contribution in [0.15, 0.2) is 34.1 Å². The van der Waals surface area contributed by atoms with Crippen LogP contribution in [0.5, 0.6) is 0 Å². The summed E-state index contributed by atoms with van der Waals surface area (Å²) in [4.78, 5) is 12.8. The largest absolute Gasteiger partial charge is 0.294 e. The third-order valence-electron chi connectivity index (χ3n) is 2.20. The fourth-order valence-corrected chi connectivity index (χ4v) is 2.94. The summed E-state index contributed by atoms with van der Waals surface area (Å²) in [5.41, 5.74) is 0.344. The number of hydrogen-bond donors (Lipinski definition) is 0. The van der Waals surface area contributed by atoms with Crippen molar-refractivity contribution in [2.24, 2.45) is 0 Å². The molecule has 1 aromatic carbocycles. The van der Waals surface area contributed by atoms with Gasteiger partial charge in [-0.1, -0.05) is 11.6 Å². The maximum Gasteiger partial charge on any atom is 0.168 e. The number of rotatable bonds is 3. The van der Waals surface area contributed by atoms with Crippen molar-refractivity contribution in [3.63, 3.8) is 0 Å². The van der Waals surface area contributed by atoms with Gasteiger partial charge in [0.15, 0.2) is 5.78 Å². The highest BCUT2D eigenvalue weighted by atomic mass is 79.9. The lowest BCUT2D eigenvalue weighted by molar-refractivity contribution is 0.0993. The number of carbonyl (C=O) groups is 1. The second-order valence-corrected chi connectivity index (χ2v) is 5.78. The lowest BCUT2D eigenvalue weighted by Crippen LogP contribution is -2.02. The zero-order valence-corrected chi connectivity index (χ0v) is 11.7. The third kappa shape index (κ3) is 3.15. The van der Waals surface area contributed by atoms with Gasteiger partial charge in [0.2, 0.25) is 0 Å². The Labute approximate surface area is 115 Å². The van der Waals surface area contributed by atoms with E-state index in [-0.39, 0.29) is 17.2 Å². The van der Waals surface area contributed by atoms with Gasteiger partial charge in [0.1, 0.15) is 5.82 Å². The average molecular weight is 334 g/mol. The molecule has 0 aliphatic heterocycles. The number of benzene rings is 1. The van der Waals surface area contributed by atoms with Crippen molar-refractivity contribution in [1.29, 1.82) is 0 Å². The van der Waals surface area contributed by atoms with Crippen LogP contribution in [0.3, 0.4) is 0 Å². The Hall–Kier alpha value is -0.710. The van der Waals surface area contributed by atoms with E-state index >= 15 is 0 Å². The molecule has 2 aromatic rings. The summed E-state index contributed by atoms with van der Waals surface area (Å²) in [6, 6.07) is 5.99. The molecule has 0 saturated carbocycles. The summed E-state index contributed by atoms with van der Waals surface area (Å²) in [7, 11) is 0. The molecule has 0 radical (unpaired) electrons. The van der Waals surface area contributed by atoms with Crippen LogP contribution in [0.25, 0.3) is 0 Å². The minimum atomic E-state index is -0.565. The highest BCUT2D eigenvalue weighted by Crippen LogP contribution is 2.22. The van der Waals surface area contributed by atoms with Crippen molar-refractivity contribution in [2.75, 3.05) is 0 Å². The quantitative estimate of drug-likeness (QED) is 0.742. The zero-order chi connectivity index (χ0) is 12.4. The summed E-state index contributed by atoms with van der Waals surface area (Å²) in [5.74, 6) is -0.681. The molecule has 88 valence electrons. The molecule has 1 aromatic heterocycles. The summed E-state index contributed by atoms with van der Waals surface area (Å²) in [5, 5.41) is 1.94. The molecule has 5 heteroatoms. The zero-order valence-electron chi connectivity index (χ0n) is 8.54. The van der Waals surface area contributed by atoms with Gasteiger partial charge in [-0.2, -0.15) is 0 Å². The van der Waals surface area contributed by atoms with Gasteiger partial charge in [0.05, 0.1) is 5.02 Å². The molecule has 0 aliphatic carbocycles. The number of halogens is 3. The molecule has 0 spiro atoms. The molecular formula is C12H7BrClFOS. The standard InChI is InChI=1S/C12H7BrClFOS/c13-8-4-9(17-6-8)5-12(16)7-1-2-10(14)11(15)3-7/h1-4,6H,5H2. The number of hydrogen-bond acceptors (Lipinski definition) is 2. The average Bonchev–Trinajstić information content (AvgIpc) is 2.68. The fraction of sp³-hybridized carbons (Fsp3) is 0.0833. The minimum absolute atomic E-state index is 0.0282. The normalized spacial score (nSPS) is 10.5. The Morgan fingerprint density at radius 1 is 1.41 bits per heavy atom. The Kier molecular flexibility index (Phi) is 3.97. The van der Waals surface area contributed by atoms with Gasteiger partial charge in [0, 0.05) is 26.7 Å². The van der Waals surface area contributed by atoms with Gasteiger partial charge in [-0.3, -0.25) is 4.79 Å². The number of thiophene rings is 1. The molecule has 17 heavy (non-hydrogen) atoms. The first-order valence-electron chi connectivity index (χ1n) is 4.77. The predicted molar refractivity (Wildman–Crippen MR) is 71.5 cm³/mol. The summed E-state index contributed by atoms with van der Waals surface area (Å²) >= 11 is 10.4. The summed E-state index contributed by atoms with van der Waals surface area (Å²) in [6.07, 6.45) is 0.275. The van der Waals surface area contributed by atoms with Crippen LogP contribution >= 0.6 is 38.9 Å². The molecule has 2 rings (SSSR count). The lowest BCUT2D eigenvalue weighted by Gasteiger charge is -2.00. The van der Waals surface area contributed by atoms with Crippen LogP contribution < -0.4 is 0 Å². The molecule has 0 atom stereocenters. The van der Waals surface area contributed by atoms with Gasteiger partial charge in [0.25, 0.3) is 0 Å². The van der Waals surface area contributed by atoms with E-state index in [4.69, 9.17) is 11.6 Å². The number of ketones is 1. The first-order chi connectivity index (χ1) is 8.06. The van der Waals surface area contributed by atoms with Crippen molar-refractivity contribution in [3.05, 3.63) is 55.4 Å². The number of Topliss-reactive ketones (excluding diaryl/α,β-unsaturated/α-hetero) is 1. The lowest BCUT2D eigenvalue weighted by atomic mass is 10.1. The van der Waals surface area contributed by atoms with E-state index in [2.05, 4.69) is 15.9 Å². The van der Waals surface area contributed by atoms with E-state index < -0.39 is 5.82 Å². The monoisotopic (exact) mass is 332 g/mol. The van der Waals surface area contributed by atoms with E-state index in [1.165, 1.54) is 29.5 Å².